The van der Waals surface area contributed by atoms with Gasteiger partial charge in [0.1, 0.15) is 0 Å². The van der Waals surface area contributed by atoms with Crippen LogP contribution in [0.3, 0.4) is 0 Å². The molecule has 0 aliphatic rings. The normalized spacial score (nSPS) is 10.7. The Morgan fingerprint density at radius 3 is 2.05 bits per heavy atom. The molecule has 106 valence electrons. The van der Waals surface area contributed by atoms with Crippen molar-refractivity contribution in [1.29, 1.82) is 0 Å². The second-order valence-electron chi connectivity index (χ2n) is 4.39. The van der Waals surface area contributed by atoms with Crippen LogP contribution in [0.25, 0.3) is 0 Å². The van der Waals surface area contributed by atoms with Gasteiger partial charge in [0, 0.05) is 17.2 Å². The first-order valence-corrected chi connectivity index (χ1v) is 11.4. The Kier molecular flexibility index (Phi) is 7.07. The van der Waals surface area contributed by atoms with Crippen molar-refractivity contribution in [2.45, 2.75) is 18.4 Å². The molecule has 0 unspecified atom stereocenters. The van der Waals surface area contributed by atoms with Crippen molar-refractivity contribution in [2.75, 3.05) is 5.73 Å². The number of nitrogens with two attached hydrogens (primary N) is 1. The molecule has 0 aromatic heterocycles. The summed E-state index contributed by atoms with van der Waals surface area (Å²) < 4.78 is 0. The number of hydrogen-bond acceptors (Lipinski definition) is 5. The highest BCUT2D eigenvalue weighted by atomic mass is 33.7. The predicted octanol–water partition coefficient (Wildman–Crippen LogP) is 5.96. The third kappa shape index (κ3) is 5.95. The van der Waals surface area contributed by atoms with E-state index < -0.39 is 0 Å². The lowest BCUT2D eigenvalue weighted by atomic mass is 10.2. The van der Waals surface area contributed by atoms with E-state index in [9.17, 15) is 0 Å². The molecule has 0 radical (unpaired) electrons. The Balaban J connectivity index is 1.60. The van der Waals surface area contributed by atoms with Crippen molar-refractivity contribution >= 4 is 46.9 Å². The van der Waals surface area contributed by atoms with E-state index in [-0.39, 0.29) is 0 Å². The molecule has 0 spiro atoms. The molecule has 0 aliphatic carbocycles. The average Bonchev–Trinajstić information content (AvgIpc) is 2.43. The monoisotopic (exact) mass is 339 g/mol. The van der Waals surface area contributed by atoms with Gasteiger partial charge < -0.3 is 5.73 Å². The van der Waals surface area contributed by atoms with Crippen molar-refractivity contribution in [3.63, 3.8) is 0 Å². The lowest BCUT2D eigenvalue weighted by molar-refractivity contribution is 1.36. The molecule has 5 heteroatoms. The van der Waals surface area contributed by atoms with Crippen molar-refractivity contribution in [1.82, 2.24) is 0 Å². The molecule has 1 nitrogen and oxygen atoms in total. The molecule has 0 aliphatic heterocycles. The van der Waals surface area contributed by atoms with Crippen molar-refractivity contribution in [3.8, 4) is 0 Å². The highest BCUT2D eigenvalue weighted by Gasteiger charge is 1.98. The quantitative estimate of drug-likeness (QED) is 0.382. The molecule has 0 atom stereocenters. The van der Waals surface area contributed by atoms with Crippen molar-refractivity contribution in [3.05, 3.63) is 65.2 Å². The van der Waals surface area contributed by atoms with Gasteiger partial charge >= 0.3 is 0 Å². The Morgan fingerprint density at radius 1 is 0.850 bits per heavy atom. The molecule has 2 N–H and O–H groups in total. The maximum Gasteiger partial charge on any atom is 0.0317 e. The van der Waals surface area contributed by atoms with E-state index in [4.69, 9.17) is 5.73 Å². The first-order valence-electron chi connectivity index (χ1n) is 6.22. The van der Waals surface area contributed by atoms with E-state index in [1.165, 1.54) is 16.7 Å². The fraction of sp³-hybridized carbons (Fsp3) is 0.200. The summed E-state index contributed by atoms with van der Waals surface area (Å²) in [5.41, 5.74) is 10.6. The molecule has 0 saturated heterocycles. The number of aryl methyl sites for hydroxylation is 1. The van der Waals surface area contributed by atoms with E-state index in [0.717, 1.165) is 17.2 Å². The second-order valence-corrected chi connectivity index (χ2v) is 10.4. The van der Waals surface area contributed by atoms with E-state index in [1.54, 1.807) is 0 Å². The number of benzene rings is 2. The van der Waals surface area contributed by atoms with Crippen molar-refractivity contribution < 1.29 is 0 Å². The van der Waals surface area contributed by atoms with E-state index in [1.807, 2.05) is 59.4 Å². The van der Waals surface area contributed by atoms with Crippen LogP contribution in [0.5, 0.6) is 0 Å². The minimum Gasteiger partial charge on any atom is -0.399 e. The van der Waals surface area contributed by atoms with Gasteiger partial charge in [-0.25, -0.2) is 0 Å². The molecular formula is C15H17NS4. The predicted molar refractivity (Wildman–Crippen MR) is 99.8 cm³/mol. The van der Waals surface area contributed by atoms with Crippen LogP contribution in [0.1, 0.15) is 16.7 Å². The van der Waals surface area contributed by atoms with E-state index in [0.29, 0.717) is 0 Å². The van der Waals surface area contributed by atoms with Gasteiger partial charge in [0.05, 0.1) is 0 Å². The summed E-state index contributed by atoms with van der Waals surface area (Å²) in [7, 11) is 7.42. The number of anilines is 1. The summed E-state index contributed by atoms with van der Waals surface area (Å²) in [6.07, 6.45) is 0. The Morgan fingerprint density at radius 2 is 1.45 bits per heavy atom. The standard InChI is InChI=1S/C15H17NS4/c1-12-4-2-5-13(8-12)10-17-19-20-18-11-14-6-3-7-15(16)9-14/h2-9H,10-11,16H2,1H3. The molecule has 2 aromatic carbocycles. The molecule has 20 heavy (non-hydrogen) atoms. The lowest BCUT2D eigenvalue weighted by Gasteiger charge is -2.03. The highest BCUT2D eigenvalue weighted by molar-refractivity contribution is 9.25. The minimum atomic E-state index is 0.842. The van der Waals surface area contributed by atoms with Crippen LogP contribution in [-0.2, 0) is 11.5 Å². The van der Waals surface area contributed by atoms with Crippen LogP contribution >= 0.6 is 41.2 Å². The third-order valence-corrected chi connectivity index (χ3v) is 8.94. The zero-order valence-corrected chi connectivity index (χ0v) is 14.5. The van der Waals surface area contributed by atoms with Crippen LogP contribution in [0.2, 0.25) is 0 Å². The molecule has 0 bridgehead atoms. The fourth-order valence-corrected chi connectivity index (χ4v) is 7.55. The summed E-state index contributed by atoms with van der Waals surface area (Å²) in [6, 6.07) is 16.8. The summed E-state index contributed by atoms with van der Waals surface area (Å²) in [5, 5.41) is 0. The molecule has 2 rings (SSSR count). The lowest BCUT2D eigenvalue weighted by Crippen LogP contribution is -1.85. The van der Waals surface area contributed by atoms with Gasteiger partial charge in [0.25, 0.3) is 0 Å². The van der Waals surface area contributed by atoms with E-state index in [2.05, 4.69) is 37.3 Å². The van der Waals surface area contributed by atoms with Gasteiger partial charge in [-0.1, -0.05) is 63.5 Å². The summed E-state index contributed by atoms with van der Waals surface area (Å²) in [4.78, 5) is 0. The van der Waals surface area contributed by atoms with Gasteiger partial charge in [-0.05, 0) is 49.8 Å². The maximum absolute atomic E-state index is 5.76. The fourth-order valence-electron chi connectivity index (χ4n) is 1.71. The summed E-state index contributed by atoms with van der Waals surface area (Å²) in [6.45, 7) is 2.14. The van der Waals surface area contributed by atoms with Gasteiger partial charge in [-0.2, -0.15) is 0 Å². The number of rotatable bonds is 7. The zero-order chi connectivity index (χ0) is 14.2. The largest absolute Gasteiger partial charge is 0.399 e. The first-order chi connectivity index (χ1) is 9.74. The molecule has 2 aromatic rings. The molecular weight excluding hydrogens is 322 g/mol. The third-order valence-electron chi connectivity index (χ3n) is 2.61. The molecule has 0 fully saturated rings. The minimum absolute atomic E-state index is 0.842. The number of hydrogen-bond donors (Lipinski definition) is 1. The topological polar surface area (TPSA) is 26.0 Å². The van der Waals surface area contributed by atoms with Gasteiger partial charge in [0.2, 0.25) is 0 Å². The Bertz CT molecular complexity index is 495. The molecule has 0 heterocycles. The second kappa shape index (κ2) is 8.82. The van der Waals surface area contributed by atoms with Crippen molar-refractivity contribution in [2.24, 2.45) is 0 Å². The van der Waals surface area contributed by atoms with Gasteiger partial charge in [-0.15, -0.1) is 0 Å². The van der Waals surface area contributed by atoms with Crippen LogP contribution in [0.15, 0.2) is 48.5 Å². The Labute approximate surface area is 136 Å². The zero-order valence-electron chi connectivity index (χ0n) is 11.2. The average molecular weight is 340 g/mol. The maximum atomic E-state index is 5.76. The van der Waals surface area contributed by atoms with Gasteiger partial charge in [0.15, 0.2) is 0 Å². The first kappa shape index (κ1) is 16.0. The smallest absolute Gasteiger partial charge is 0.0317 e. The summed E-state index contributed by atoms with van der Waals surface area (Å²) in [5.74, 6) is 2.05. The van der Waals surface area contributed by atoms with Crippen LogP contribution in [-0.4, -0.2) is 0 Å². The Hall–Kier alpha value is -0.360. The SMILES string of the molecule is Cc1cccc(CSSSSCc2cccc(N)c2)c1. The summed E-state index contributed by atoms with van der Waals surface area (Å²) >= 11 is 0. The van der Waals surface area contributed by atoms with Crippen LogP contribution in [0.4, 0.5) is 5.69 Å². The van der Waals surface area contributed by atoms with E-state index >= 15 is 0 Å². The highest BCUT2D eigenvalue weighted by Crippen LogP contribution is 2.45. The molecule has 0 saturated carbocycles. The van der Waals surface area contributed by atoms with Crippen LogP contribution in [0, 0.1) is 6.92 Å². The molecule has 0 amide bonds. The van der Waals surface area contributed by atoms with Crippen LogP contribution < -0.4 is 5.73 Å². The number of nitrogen functional groups attached to an aromatic ring is 1. The van der Waals surface area contributed by atoms with Gasteiger partial charge in [-0.3, -0.25) is 0 Å².